The smallest absolute Gasteiger partial charge is 0.396 e. The van der Waals surface area contributed by atoms with Gasteiger partial charge in [-0.05, 0) is 35.4 Å². The summed E-state index contributed by atoms with van der Waals surface area (Å²) in [7, 11) is 0. The van der Waals surface area contributed by atoms with Crippen LogP contribution in [0.15, 0.2) is 36.4 Å². The molecule has 0 aliphatic carbocycles. The van der Waals surface area contributed by atoms with Gasteiger partial charge in [0.25, 0.3) is 0 Å². The summed E-state index contributed by atoms with van der Waals surface area (Å²) in [5, 5.41) is 37.5. The maximum Gasteiger partial charge on any atom is 0.396 e. The lowest BCUT2D eigenvalue weighted by atomic mass is 10.0. The van der Waals surface area contributed by atoms with Crippen LogP contribution in [0, 0.1) is 5.82 Å². The molecular weight excluding hydrogens is 446 g/mol. The van der Waals surface area contributed by atoms with Gasteiger partial charge in [-0.15, -0.1) is 0 Å². The molecule has 0 saturated heterocycles. The SMILES string of the molecule is O=C(O)C(=O)N(Cc1ccc(-c2cc(Cl)ccc2F)cc1Cl)N(O)C[C@@H](O)C(=O)O. The van der Waals surface area contributed by atoms with E-state index in [1.165, 1.54) is 36.4 Å². The summed E-state index contributed by atoms with van der Waals surface area (Å²) in [6.45, 7) is -1.57. The van der Waals surface area contributed by atoms with Gasteiger partial charge in [-0.3, -0.25) is 10.0 Å². The van der Waals surface area contributed by atoms with Gasteiger partial charge in [-0.2, -0.15) is 0 Å². The number of carboxylic acids is 2. The number of carbonyl (C=O) groups is 3. The Kier molecular flexibility index (Phi) is 7.71. The quantitative estimate of drug-likeness (QED) is 0.364. The monoisotopic (exact) mass is 460 g/mol. The summed E-state index contributed by atoms with van der Waals surface area (Å²) < 4.78 is 14.1. The maximum absolute atomic E-state index is 14.1. The fraction of sp³-hybridized carbons (Fsp3) is 0.167. The summed E-state index contributed by atoms with van der Waals surface area (Å²) in [6.07, 6.45) is -2.09. The van der Waals surface area contributed by atoms with E-state index in [1.807, 2.05) is 0 Å². The first-order valence-electron chi connectivity index (χ1n) is 8.17. The minimum Gasteiger partial charge on any atom is -0.479 e. The van der Waals surface area contributed by atoms with E-state index in [9.17, 15) is 29.1 Å². The van der Waals surface area contributed by atoms with E-state index in [2.05, 4.69) is 0 Å². The molecule has 0 fully saturated rings. The Morgan fingerprint density at radius 2 is 1.73 bits per heavy atom. The number of benzene rings is 2. The van der Waals surface area contributed by atoms with Crippen LogP contribution in [0.5, 0.6) is 0 Å². The lowest BCUT2D eigenvalue weighted by molar-refractivity contribution is -0.253. The van der Waals surface area contributed by atoms with Gasteiger partial charge in [-0.1, -0.05) is 40.5 Å². The number of aliphatic hydroxyl groups excluding tert-OH is 1. The van der Waals surface area contributed by atoms with Crippen molar-refractivity contribution in [3.8, 4) is 11.1 Å². The highest BCUT2D eigenvalue weighted by molar-refractivity contribution is 6.32. The van der Waals surface area contributed by atoms with E-state index in [-0.39, 0.29) is 31.4 Å². The number of aliphatic hydroxyl groups is 1. The average Bonchev–Trinajstić information content (AvgIpc) is 2.68. The molecule has 0 unspecified atom stereocenters. The Hall–Kier alpha value is -2.76. The third kappa shape index (κ3) is 5.65. The fourth-order valence-electron chi connectivity index (χ4n) is 2.42. The minimum atomic E-state index is -2.09. The van der Waals surface area contributed by atoms with E-state index >= 15 is 0 Å². The second kappa shape index (κ2) is 9.83. The molecule has 30 heavy (non-hydrogen) atoms. The standard InChI is InChI=1S/C18H15Cl2FN2O7/c19-11-3-4-14(21)12(6-11)9-1-2-10(13(20)5-9)7-22(16(25)18(28)29)23(30)8-15(24)17(26)27/h1-6,15,24,30H,7-8H2,(H,26,27)(H,28,29)/t15-/m1/s1. The Labute approximate surface area is 179 Å². The van der Waals surface area contributed by atoms with Crippen molar-refractivity contribution in [3.63, 3.8) is 0 Å². The van der Waals surface area contributed by atoms with Gasteiger partial charge in [-0.25, -0.2) is 19.0 Å². The molecule has 0 radical (unpaired) electrons. The highest BCUT2D eigenvalue weighted by Crippen LogP contribution is 2.30. The molecule has 0 heterocycles. The molecule has 0 aliphatic heterocycles. The second-order valence-electron chi connectivity index (χ2n) is 6.01. The number of hydrogen-bond donors (Lipinski definition) is 4. The van der Waals surface area contributed by atoms with Crippen molar-refractivity contribution in [1.82, 2.24) is 10.2 Å². The Morgan fingerprint density at radius 3 is 2.30 bits per heavy atom. The van der Waals surface area contributed by atoms with Crippen LogP contribution in [-0.2, 0) is 20.9 Å². The van der Waals surface area contributed by atoms with Gasteiger partial charge >= 0.3 is 17.8 Å². The zero-order valence-corrected chi connectivity index (χ0v) is 16.5. The minimum absolute atomic E-state index is 0.00208. The number of hydrazine groups is 1. The summed E-state index contributed by atoms with van der Waals surface area (Å²) in [5.41, 5.74) is 0.658. The van der Waals surface area contributed by atoms with E-state index in [0.717, 1.165) is 0 Å². The summed E-state index contributed by atoms with van der Waals surface area (Å²) in [4.78, 5) is 33.7. The second-order valence-corrected chi connectivity index (χ2v) is 6.85. The molecule has 4 N–H and O–H groups in total. The molecule has 0 spiro atoms. The van der Waals surface area contributed by atoms with Gasteiger partial charge in [0.15, 0.2) is 6.10 Å². The number of carboxylic acid groups (broad SMARTS) is 2. The van der Waals surface area contributed by atoms with Gasteiger partial charge in [0.2, 0.25) is 0 Å². The fourth-order valence-corrected chi connectivity index (χ4v) is 2.84. The predicted octanol–water partition coefficient (Wildman–Crippen LogP) is 2.26. The topological polar surface area (TPSA) is 139 Å². The van der Waals surface area contributed by atoms with Crippen molar-refractivity contribution in [2.45, 2.75) is 12.6 Å². The molecule has 2 aromatic carbocycles. The number of halogens is 3. The van der Waals surface area contributed by atoms with Gasteiger partial charge < -0.3 is 15.3 Å². The lowest BCUT2D eigenvalue weighted by Crippen LogP contribution is -2.50. The zero-order valence-electron chi connectivity index (χ0n) is 15.0. The summed E-state index contributed by atoms with van der Waals surface area (Å²) in [5.74, 6) is -5.79. The number of nitrogens with zero attached hydrogens (tertiary/aromatic N) is 2. The van der Waals surface area contributed by atoms with Crippen molar-refractivity contribution in [2.24, 2.45) is 0 Å². The molecule has 0 saturated carbocycles. The molecule has 0 bridgehead atoms. The van der Waals surface area contributed by atoms with Crippen LogP contribution >= 0.6 is 23.2 Å². The Balaban J connectivity index is 2.33. The zero-order chi connectivity index (χ0) is 22.6. The number of rotatable bonds is 7. The van der Waals surface area contributed by atoms with Crippen molar-refractivity contribution < 1.29 is 39.3 Å². The van der Waals surface area contributed by atoms with Crippen molar-refractivity contribution in [3.05, 3.63) is 57.8 Å². The molecular formula is C18H15Cl2FN2O7. The normalized spacial score (nSPS) is 11.9. The van der Waals surface area contributed by atoms with Crippen LogP contribution in [0.3, 0.4) is 0 Å². The first-order valence-corrected chi connectivity index (χ1v) is 8.92. The summed E-state index contributed by atoms with van der Waals surface area (Å²) in [6, 6.07) is 8.07. The van der Waals surface area contributed by atoms with Crippen LogP contribution in [0.4, 0.5) is 4.39 Å². The predicted molar refractivity (Wildman–Crippen MR) is 102 cm³/mol. The highest BCUT2D eigenvalue weighted by atomic mass is 35.5. The third-order valence-corrected chi connectivity index (χ3v) is 4.52. The van der Waals surface area contributed by atoms with Crippen molar-refractivity contribution in [1.29, 1.82) is 0 Å². The van der Waals surface area contributed by atoms with Crippen LogP contribution in [0.1, 0.15) is 5.56 Å². The molecule has 1 atom stereocenters. The van der Waals surface area contributed by atoms with E-state index in [1.54, 1.807) is 0 Å². The van der Waals surface area contributed by atoms with Gasteiger partial charge in [0, 0.05) is 15.6 Å². The van der Waals surface area contributed by atoms with E-state index in [4.69, 9.17) is 33.4 Å². The maximum atomic E-state index is 14.1. The Bertz CT molecular complexity index is 989. The molecule has 0 aromatic heterocycles. The van der Waals surface area contributed by atoms with Gasteiger partial charge in [0.1, 0.15) is 5.82 Å². The largest absolute Gasteiger partial charge is 0.479 e. The number of hydroxylamine groups is 1. The van der Waals surface area contributed by atoms with Crippen LogP contribution < -0.4 is 0 Å². The molecule has 160 valence electrons. The summed E-state index contributed by atoms with van der Waals surface area (Å²) >= 11 is 12.1. The third-order valence-electron chi connectivity index (χ3n) is 3.93. The number of aliphatic carboxylic acids is 2. The molecule has 2 aromatic rings. The van der Waals surface area contributed by atoms with E-state index < -0.39 is 42.9 Å². The Morgan fingerprint density at radius 1 is 1.07 bits per heavy atom. The lowest BCUT2D eigenvalue weighted by Gasteiger charge is -2.29. The van der Waals surface area contributed by atoms with Crippen molar-refractivity contribution in [2.75, 3.05) is 6.54 Å². The van der Waals surface area contributed by atoms with Crippen LogP contribution in [0.25, 0.3) is 11.1 Å². The number of hydrogen-bond acceptors (Lipinski definition) is 6. The number of amides is 1. The molecule has 2 rings (SSSR count). The van der Waals surface area contributed by atoms with Crippen LogP contribution in [-0.4, -0.2) is 61.2 Å². The van der Waals surface area contributed by atoms with Gasteiger partial charge in [0.05, 0.1) is 13.1 Å². The first-order chi connectivity index (χ1) is 14.0. The average molecular weight is 461 g/mol. The molecule has 9 nitrogen and oxygen atoms in total. The first kappa shape index (κ1) is 23.5. The highest BCUT2D eigenvalue weighted by Gasteiger charge is 2.30. The van der Waals surface area contributed by atoms with Crippen LogP contribution in [0.2, 0.25) is 10.0 Å². The molecule has 1 amide bonds. The molecule has 12 heteroatoms. The molecule has 0 aliphatic rings. The number of carbonyl (C=O) groups excluding carboxylic acids is 1. The van der Waals surface area contributed by atoms with E-state index in [0.29, 0.717) is 5.56 Å². The van der Waals surface area contributed by atoms with Crippen molar-refractivity contribution >= 4 is 41.0 Å².